The van der Waals surface area contributed by atoms with E-state index in [4.69, 9.17) is 4.74 Å². The third-order valence-corrected chi connectivity index (χ3v) is 6.96. The first-order valence-electron chi connectivity index (χ1n) is 13.2. The Labute approximate surface area is 224 Å². The second-order valence-electron chi connectivity index (χ2n) is 11.9. The number of esters is 1. The van der Waals surface area contributed by atoms with Crippen LogP contribution in [0.3, 0.4) is 0 Å². The van der Waals surface area contributed by atoms with E-state index in [1.165, 1.54) is 0 Å². The van der Waals surface area contributed by atoms with Gasteiger partial charge in [-0.1, -0.05) is 84.4 Å². The Morgan fingerprint density at radius 2 is 1.57 bits per heavy atom. The first-order chi connectivity index (χ1) is 17.0. The molecule has 7 nitrogen and oxygen atoms in total. The van der Waals surface area contributed by atoms with E-state index in [-0.39, 0.29) is 30.4 Å². The average molecular weight is 516 g/mol. The number of aryl methyl sites for hydroxylation is 1. The van der Waals surface area contributed by atoms with E-state index in [1.54, 1.807) is 38.9 Å². The lowest BCUT2D eigenvalue weighted by Gasteiger charge is -2.40. The van der Waals surface area contributed by atoms with Crippen LogP contribution in [-0.4, -0.2) is 61.5 Å². The van der Waals surface area contributed by atoms with Crippen molar-refractivity contribution in [2.45, 2.75) is 92.8 Å². The highest BCUT2D eigenvalue weighted by Crippen LogP contribution is 2.29. The van der Waals surface area contributed by atoms with Crippen molar-refractivity contribution in [3.8, 4) is 0 Å². The zero-order valence-corrected chi connectivity index (χ0v) is 25.0. The molecule has 0 radical (unpaired) electrons. The largest absolute Gasteiger partial charge is 0.463 e. The van der Waals surface area contributed by atoms with E-state index in [0.717, 1.165) is 11.1 Å². The Morgan fingerprint density at radius 3 is 2.00 bits per heavy atom. The minimum Gasteiger partial charge on any atom is -0.463 e. The lowest BCUT2D eigenvalue weighted by Crippen LogP contribution is -2.61. The minimum atomic E-state index is -0.771. The van der Waals surface area contributed by atoms with Crippen molar-refractivity contribution >= 4 is 17.8 Å². The third kappa shape index (κ3) is 8.42. The summed E-state index contributed by atoms with van der Waals surface area (Å²) in [6, 6.07) is 6.48. The van der Waals surface area contributed by atoms with Crippen LogP contribution in [0.1, 0.15) is 73.4 Å². The summed E-state index contributed by atoms with van der Waals surface area (Å²) in [7, 11) is 3.48. The predicted octanol–water partition coefficient (Wildman–Crippen LogP) is 4.38. The predicted molar refractivity (Wildman–Crippen MR) is 150 cm³/mol. The van der Waals surface area contributed by atoms with Crippen LogP contribution in [0.4, 0.5) is 0 Å². The normalized spacial score (nSPS) is 15.1. The highest BCUT2D eigenvalue weighted by atomic mass is 16.5. The topological polar surface area (TPSA) is 87.7 Å². The van der Waals surface area contributed by atoms with Gasteiger partial charge in [-0.25, -0.2) is 4.79 Å². The van der Waals surface area contributed by atoms with Crippen LogP contribution in [0.15, 0.2) is 35.9 Å². The molecule has 0 aliphatic carbocycles. The molecule has 1 aromatic rings. The molecule has 0 aliphatic heterocycles. The number of hydrogen-bond acceptors (Lipinski definition) is 5. The van der Waals surface area contributed by atoms with Gasteiger partial charge in [0.1, 0.15) is 6.04 Å². The Balaban J connectivity index is 3.30. The van der Waals surface area contributed by atoms with Crippen molar-refractivity contribution in [1.29, 1.82) is 0 Å². The maximum Gasteiger partial charge on any atom is 0.333 e. The monoisotopic (exact) mass is 515 g/mol. The van der Waals surface area contributed by atoms with Gasteiger partial charge in [0.05, 0.1) is 18.7 Å². The Kier molecular flexibility index (Phi) is 11.6. The molecule has 208 valence electrons. The molecule has 0 spiro atoms. The van der Waals surface area contributed by atoms with E-state index in [1.807, 2.05) is 79.7 Å². The molecular formula is C30H49N3O4. The highest BCUT2D eigenvalue weighted by molar-refractivity contribution is 5.92. The van der Waals surface area contributed by atoms with Crippen molar-refractivity contribution in [2.75, 3.05) is 20.7 Å². The minimum absolute atomic E-state index is 0.0418. The molecule has 2 N–H and O–H groups in total. The van der Waals surface area contributed by atoms with E-state index < -0.39 is 28.9 Å². The number of carbonyl (C=O) groups excluding carboxylic acids is 3. The number of hydrogen-bond donors (Lipinski definition) is 2. The molecule has 7 heteroatoms. The average Bonchev–Trinajstić information content (AvgIpc) is 2.79. The van der Waals surface area contributed by atoms with Gasteiger partial charge in [0.2, 0.25) is 11.8 Å². The van der Waals surface area contributed by atoms with Crippen LogP contribution < -0.4 is 10.6 Å². The molecule has 0 bridgehead atoms. The molecule has 3 atom stereocenters. The van der Waals surface area contributed by atoms with E-state index in [0.29, 0.717) is 5.57 Å². The van der Waals surface area contributed by atoms with E-state index in [9.17, 15) is 14.4 Å². The van der Waals surface area contributed by atoms with Gasteiger partial charge in [0.25, 0.3) is 0 Å². The zero-order valence-electron chi connectivity index (χ0n) is 25.0. The van der Waals surface area contributed by atoms with Gasteiger partial charge in [-0.3, -0.25) is 9.59 Å². The molecule has 2 amide bonds. The van der Waals surface area contributed by atoms with Crippen LogP contribution in [0.25, 0.3) is 0 Å². The standard InChI is InChI=1S/C30H49N3O4/c1-13-37-28(36)21(5)18-23(19(2)3)33(12)27(35)25(29(6,7)8)32-26(34)24(31-11)30(9,10)22-16-14-20(4)15-17-22/h14-19,23-25,31H,13H2,1-12H3,(H,32,34)/t23-,24+,25?/m1/s1. The third-order valence-electron chi connectivity index (χ3n) is 6.96. The maximum absolute atomic E-state index is 13.9. The van der Waals surface area contributed by atoms with Crippen LogP contribution in [0.5, 0.6) is 0 Å². The van der Waals surface area contributed by atoms with E-state index >= 15 is 0 Å². The van der Waals surface area contributed by atoms with Gasteiger partial charge >= 0.3 is 5.97 Å². The summed E-state index contributed by atoms with van der Waals surface area (Å²) in [5, 5.41) is 6.23. The highest BCUT2D eigenvalue weighted by Gasteiger charge is 2.41. The van der Waals surface area contributed by atoms with Crippen molar-refractivity contribution in [3.05, 3.63) is 47.0 Å². The zero-order chi connectivity index (χ0) is 28.7. The molecule has 0 heterocycles. The van der Waals surface area contributed by atoms with Gasteiger partial charge in [-0.05, 0) is 44.7 Å². The van der Waals surface area contributed by atoms with Crippen LogP contribution in [0, 0.1) is 18.3 Å². The number of ether oxygens (including phenoxy) is 1. The fourth-order valence-corrected chi connectivity index (χ4v) is 4.51. The van der Waals surface area contributed by atoms with Gasteiger partial charge in [-0.15, -0.1) is 0 Å². The molecule has 1 rings (SSSR count). The number of carbonyl (C=O) groups is 3. The Morgan fingerprint density at radius 1 is 1.03 bits per heavy atom. The van der Waals surface area contributed by atoms with Crippen LogP contribution >= 0.6 is 0 Å². The second-order valence-corrected chi connectivity index (χ2v) is 11.9. The van der Waals surface area contributed by atoms with Crippen LogP contribution in [0.2, 0.25) is 0 Å². The molecule has 1 unspecified atom stereocenters. The summed E-state index contributed by atoms with van der Waals surface area (Å²) in [5.41, 5.74) is 1.56. The number of likely N-dealkylation sites (N-methyl/N-ethyl adjacent to an activating group) is 2. The number of rotatable bonds is 11. The summed E-state index contributed by atoms with van der Waals surface area (Å²) >= 11 is 0. The molecule has 37 heavy (non-hydrogen) atoms. The fourth-order valence-electron chi connectivity index (χ4n) is 4.51. The summed E-state index contributed by atoms with van der Waals surface area (Å²) in [6.07, 6.45) is 1.78. The summed E-state index contributed by atoms with van der Waals surface area (Å²) in [5.74, 6) is -0.811. The Hall–Kier alpha value is -2.67. The van der Waals surface area contributed by atoms with E-state index in [2.05, 4.69) is 10.6 Å². The molecule has 0 aliphatic rings. The Bertz CT molecular complexity index is 958. The summed E-state index contributed by atoms with van der Waals surface area (Å²) < 4.78 is 5.12. The number of nitrogens with zero attached hydrogens (tertiary/aromatic N) is 1. The SMILES string of the molecule is CCOC(=O)C(C)=C[C@H](C(C)C)N(C)C(=O)C(NC(=O)[C@H](NC)C(C)(C)c1ccc(C)cc1)C(C)(C)C. The molecule has 0 fully saturated rings. The molecular weight excluding hydrogens is 466 g/mol. The van der Waals surface area contributed by atoms with Crippen LogP contribution in [-0.2, 0) is 24.5 Å². The van der Waals surface area contributed by atoms with Gasteiger partial charge in [-0.2, -0.15) is 0 Å². The number of benzene rings is 1. The van der Waals surface area contributed by atoms with Crippen molar-refractivity contribution in [3.63, 3.8) is 0 Å². The molecule has 1 aromatic carbocycles. The fraction of sp³-hybridized carbons (Fsp3) is 0.633. The lowest BCUT2D eigenvalue weighted by atomic mass is 9.76. The van der Waals surface area contributed by atoms with Crippen molar-refractivity contribution in [1.82, 2.24) is 15.5 Å². The second kappa shape index (κ2) is 13.2. The first kappa shape index (κ1) is 32.4. The summed E-state index contributed by atoms with van der Waals surface area (Å²) in [6.45, 7) is 19.6. The smallest absolute Gasteiger partial charge is 0.333 e. The maximum atomic E-state index is 13.9. The van der Waals surface area contributed by atoms with Crippen molar-refractivity contribution in [2.24, 2.45) is 11.3 Å². The molecule has 0 saturated heterocycles. The van der Waals surface area contributed by atoms with Gasteiger partial charge < -0.3 is 20.3 Å². The van der Waals surface area contributed by atoms with Gasteiger partial charge in [0, 0.05) is 18.0 Å². The van der Waals surface area contributed by atoms with Gasteiger partial charge in [0.15, 0.2) is 0 Å². The molecule has 0 aromatic heterocycles. The summed E-state index contributed by atoms with van der Waals surface area (Å²) in [4.78, 5) is 41.4. The quantitative estimate of drug-likeness (QED) is 0.337. The number of nitrogens with one attached hydrogen (secondary N) is 2. The lowest BCUT2D eigenvalue weighted by molar-refractivity contribution is -0.141. The first-order valence-corrected chi connectivity index (χ1v) is 13.2. The molecule has 0 saturated carbocycles. The number of amides is 2. The van der Waals surface area contributed by atoms with Crippen molar-refractivity contribution < 1.29 is 19.1 Å².